The fourth-order valence-corrected chi connectivity index (χ4v) is 1.44. The van der Waals surface area contributed by atoms with E-state index in [1.54, 1.807) is 6.07 Å². The van der Waals surface area contributed by atoms with Gasteiger partial charge < -0.3 is 10.6 Å². The van der Waals surface area contributed by atoms with Gasteiger partial charge in [0.15, 0.2) is 0 Å². The smallest absolute Gasteiger partial charge is 0.251 e. The first-order valence-electron chi connectivity index (χ1n) is 5.69. The topological polar surface area (TPSA) is 58.2 Å². The van der Waals surface area contributed by atoms with Gasteiger partial charge in [0.1, 0.15) is 0 Å². The third kappa shape index (κ3) is 5.15. The van der Waals surface area contributed by atoms with Gasteiger partial charge in [-0.3, -0.25) is 9.59 Å². The maximum Gasteiger partial charge on any atom is 0.251 e. The van der Waals surface area contributed by atoms with Gasteiger partial charge >= 0.3 is 0 Å². The number of benzene rings is 1. The summed E-state index contributed by atoms with van der Waals surface area (Å²) in [7, 11) is 0. The third-order valence-electron chi connectivity index (χ3n) is 2.29. The van der Waals surface area contributed by atoms with Crippen LogP contribution in [0, 0.1) is 6.92 Å². The lowest BCUT2D eigenvalue weighted by atomic mass is 10.1. The van der Waals surface area contributed by atoms with E-state index in [9.17, 15) is 9.59 Å². The minimum absolute atomic E-state index is 0.0463. The lowest BCUT2D eigenvalue weighted by Gasteiger charge is -2.06. The lowest BCUT2D eigenvalue weighted by molar-refractivity contribution is -0.118. The van der Waals surface area contributed by atoms with Crippen molar-refractivity contribution >= 4 is 11.8 Å². The van der Waals surface area contributed by atoms with E-state index in [1.807, 2.05) is 25.1 Å². The number of aryl methyl sites for hydroxylation is 1. The van der Waals surface area contributed by atoms with Crippen LogP contribution in [-0.2, 0) is 4.79 Å². The monoisotopic (exact) mass is 234 g/mol. The van der Waals surface area contributed by atoms with E-state index >= 15 is 0 Å². The van der Waals surface area contributed by atoms with Crippen LogP contribution in [0.15, 0.2) is 24.3 Å². The van der Waals surface area contributed by atoms with Crippen LogP contribution in [0.3, 0.4) is 0 Å². The standard InChI is InChI=1S/C13H18N2O2/c1-10-5-3-6-12(9-10)13(17)15-8-4-7-14-11(2)16/h3,5-6,9H,4,7-8H2,1-2H3,(H,14,16)(H,15,17). The first-order valence-corrected chi connectivity index (χ1v) is 5.69. The Labute approximate surface area is 101 Å². The summed E-state index contributed by atoms with van der Waals surface area (Å²) in [6.45, 7) is 4.58. The maximum absolute atomic E-state index is 11.7. The van der Waals surface area contributed by atoms with Crippen molar-refractivity contribution in [1.82, 2.24) is 10.6 Å². The summed E-state index contributed by atoms with van der Waals surface area (Å²) >= 11 is 0. The highest BCUT2D eigenvalue weighted by Gasteiger charge is 2.03. The van der Waals surface area contributed by atoms with Crippen LogP contribution < -0.4 is 10.6 Å². The van der Waals surface area contributed by atoms with Crippen molar-refractivity contribution in [3.8, 4) is 0 Å². The van der Waals surface area contributed by atoms with Crippen LogP contribution in [0.4, 0.5) is 0 Å². The highest BCUT2D eigenvalue weighted by molar-refractivity contribution is 5.94. The Kier molecular flexibility index (Phi) is 5.20. The number of carbonyl (C=O) groups is 2. The Bertz CT molecular complexity index is 402. The van der Waals surface area contributed by atoms with Crippen molar-refractivity contribution in [2.24, 2.45) is 0 Å². The van der Waals surface area contributed by atoms with Gasteiger partial charge in [-0.2, -0.15) is 0 Å². The van der Waals surface area contributed by atoms with E-state index in [4.69, 9.17) is 0 Å². The molecule has 92 valence electrons. The normalized spacial score (nSPS) is 9.76. The molecule has 2 N–H and O–H groups in total. The lowest BCUT2D eigenvalue weighted by Crippen LogP contribution is -2.28. The van der Waals surface area contributed by atoms with Crippen molar-refractivity contribution in [2.75, 3.05) is 13.1 Å². The van der Waals surface area contributed by atoms with Crippen LogP contribution in [0.2, 0.25) is 0 Å². The van der Waals surface area contributed by atoms with E-state index in [0.29, 0.717) is 18.7 Å². The molecule has 1 aromatic carbocycles. The van der Waals surface area contributed by atoms with Gasteiger partial charge in [-0.25, -0.2) is 0 Å². The molecule has 0 atom stereocenters. The molecule has 0 unspecified atom stereocenters. The first-order chi connectivity index (χ1) is 8.09. The van der Waals surface area contributed by atoms with E-state index < -0.39 is 0 Å². The number of hydrogen-bond acceptors (Lipinski definition) is 2. The summed E-state index contributed by atoms with van der Waals surface area (Å²) in [5.41, 5.74) is 1.74. The Morgan fingerprint density at radius 1 is 1.18 bits per heavy atom. The van der Waals surface area contributed by atoms with Crippen molar-refractivity contribution in [3.63, 3.8) is 0 Å². The van der Waals surface area contributed by atoms with Crippen LogP contribution in [0.25, 0.3) is 0 Å². The molecular weight excluding hydrogens is 216 g/mol. The molecule has 0 aliphatic heterocycles. The fraction of sp³-hybridized carbons (Fsp3) is 0.385. The molecular formula is C13H18N2O2. The maximum atomic E-state index is 11.7. The fourth-order valence-electron chi connectivity index (χ4n) is 1.44. The van der Waals surface area contributed by atoms with Gasteiger partial charge in [-0.1, -0.05) is 17.7 Å². The van der Waals surface area contributed by atoms with Gasteiger partial charge in [-0.15, -0.1) is 0 Å². The zero-order chi connectivity index (χ0) is 12.7. The summed E-state index contributed by atoms with van der Waals surface area (Å²) in [6.07, 6.45) is 0.733. The van der Waals surface area contributed by atoms with Crippen molar-refractivity contribution in [2.45, 2.75) is 20.3 Å². The predicted molar refractivity (Wildman–Crippen MR) is 66.8 cm³/mol. The second-order valence-electron chi connectivity index (χ2n) is 3.96. The summed E-state index contributed by atoms with van der Waals surface area (Å²) < 4.78 is 0. The first kappa shape index (κ1) is 13.2. The molecule has 0 saturated carbocycles. The Balaban J connectivity index is 2.28. The minimum Gasteiger partial charge on any atom is -0.356 e. The average Bonchev–Trinajstić information content (AvgIpc) is 2.28. The molecule has 2 amide bonds. The third-order valence-corrected chi connectivity index (χ3v) is 2.29. The molecule has 0 heterocycles. The zero-order valence-electron chi connectivity index (χ0n) is 10.2. The Morgan fingerprint density at radius 2 is 1.88 bits per heavy atom. The van der Waals surface area contributed by atoms with E-state index in [-0.39, 0.29) is 11.8 Å². The average molecular weight is 234 g/mol. The summed E-state index contributed by atoms with van der Waals surface area (Å²) in [6, 6.07) is 7.45. The van der Waals surface area contributed by atoms with Crippen molar-refractivity contribution < 1.29 is 9.59 Å². The molecule has 0 aliphatic carbocycles. The van der Waals surface area contributed by atoms with E-state index in [0.717, 1.165) is 12.0 Å². The molecule has 0 saturated heterocycles. The molecule has 0 bridgehead atoms. The van der Waals surface area contributed by atoms with Gasteiger partial charge in [0, 0.05) is 25.6 Å². The number of rotatable bonds is 5. The molecule has 4 heteroatoms. The van der Waals surface area contributed by atoms with E-state index in [2.05, 4.69) is 10.6 Å². The Hall–Kier alpha value is -1.84. The molecule has 17 heavy (non-hydrogen) atoms. The van der Waals surface area contributed by atoms with Crippen LogP contribution >= 0.6 is 0 Å². The van der Waals surface area contributed by atoms with Gasteiger partial charge in [0.2, 0.25) is 5.91 Å². The number of hydrogen-bond donors (Lipinski definition) is 2. The highest BCUT2D eigenvalue weighted by Crippen LogP contribution is 2.03. The predicted octanol–water partition coefficient (Wildman–Crippen LogP) is 1.25. The van der Waals surface area contributed by atoms with Crippen LogP contribution in [0.5, 0.6) is 0 Å². The van der Waals surface area contributed by atoms with Crippen molar-refractivity contribution in [3.05, 3.63) is 35.4 Å². The number of nitrogens with one attached hydrogen (secondary N) is 2. The second kappa shape index (κ2) is 6.68. The second-order valence-corrected chi connectivity index (χ2v) is 3.96. The van der Waals surface area contributed by atoms with Gasteiger partial charge in [-0.05, 0) is 25.5 Å². The molecule has 0 fully saturated rings. The van der Waals surface area contributed by atoms with E-state index in [1.165, 1.54) is 6.92 Å². The number of amides is 2. The van der Waals surface area contributed by atoms with Gasteiger partial charge in [0.05, 0.1) is 0 Å². The molecule has 0 aromatic heterocycles. The van der Waals surface area contributed by atoms with Gasteiger partial charge in [0.25, 0.3) is 5.91 Å². The van der Waals surface area contributed by atoms with Crippen LogP contribution in [-0.4, -0.2) is 24.9 Å². The van der Waals surface area contributed by atoms with Crippen LogP contribution in [0.1, 0.15) is 29.3 Å². The number of carbonyl (C=O) groups excluding carboxylic acids is 2. The summed E-state index contributed by atoms with van der Waals surface area (Å²) in [4.78, 5) is 22.3. The molecule has 4 nitrogen and oxygen atoms in total. The molecule has 1 aromatic rings. The SMILES string of the molecule is CC(=O)NCCCNC(=O)c1cccc(C)c1. The zero-order valence-corrected chi connectivity index (χ0v) is 10.2. The molecule has 1 rings (SSSR count). The molecule has 0 aliphatic rings. The highest BCUT2D eigenvalue weighted by atomic mass is 16.2. The molecule has 0 radical (unpaired) electrons. The minimum atomic E-state index is -0.0727. The largest absolute Gasteiger partial charge is 0.356 e. The Morgan fingerprint density at radius 3 is 2.53 bits per heavy atom. The summed E-state index contributed by atoms with van der Waals surface area (Å²) in [5.74, 6) is -0.119. The quantitative estimate of drug-likeness (QED) is 0.753. The molecule has 0 spiro atoms. The summed E-state index contributed by atoms with van der Waals surface area (Å²) in [5, 5.41) is 5.49. The van der Waals surface area contributed by atoms with Crippen molar-refractivity contribution in [1.29, 1.82) is 0 Å².